The quantitative estimate of drug-likeness (QED) is 0.728. The van der Waals surface area contributed by atoms with E-state index in [9.17, 15) is 22.8 Å². The van der Waals surface area contributed by atoms with Crippen LogP contribution >= 0.6 is 0 Å². The molecule has 1 unspecified atom stereocenters. The third-order valence-electron chi connectivity index (χ3n) is 3.92. The first-order valence-corrected chi connectivity index (χ1v) is 6.44. The summed E-state index contributed by atoms with van der Waals surface area (Å²) in [6, 6.07) is 0. The van der Waals surface area contributed by atoms with Crippen LogP contribution in [0.5, 0.6) is 0 Å². The predicted molar refractivity (Wildman–Crippen MR) is 64.7 cm³/mol. The van der Waals surface area contributed by atoms with E-state index < -0.39 is 29.5 Å². The van der Waals surface area contributed by atoms with Gasteiger partial charge in [0.1, 0.15) is 0 Å². The van der Waals surface area contributed by atoms with Crippen molar-refractivity contribution in [1.29, 1.82) is 0 Å². The molecule has 0 aliphatic heterocycles. The molecule has 0 bridgehead atoms. The first-order valence-electron chi connectivity index (χ1n) is 6.44. The number of amides is 1. The van der Waals surface area contributed by atoms with Gasteiger partial charge in [-0.3, -0.25) is 4.79 Å². The minimum absolute atomic E-state index is 0.285. The van der Waals surface area contributed by atoms with Gasteiger partial charge in [0.2, 0.25) is 11.4 Å². The van der Waals surface area contributed by atoms with E-state index in [0.29, 0.717) is 39.2 Å². The molecule has 0 heterocycles. The third kappa shape index (κ3) is 3.41. The number of carboxylic acids is 1. The standard InChI is InChI=1S/C12H19F3N2O3/c1-11(10(19)20,12(13,14)15)17-9(18)8-4-2-7(6-16)3-5-8/h7-8H,2-6,16H2,1H3,(H,17,18)(H,19,20). The Morgan fingerprint density at radius 1 is 1.25 bits per heavy atom. The molecule has 20 heavy (non-hydrogen) atoms. The highest BCUT2D eigenvalue weighted by Gasteiger charge is 2.58. The number of halogens is 3. The lowest BCUT2D eigenvalue weighted by Crippen LogP contribution is -2.63. The summed E-state index contributed by atoms with van der Waals surface area (Å²) in [5, 5.41) is 10.4. The van der Waals surface area contributed by atoms with Crippen LogP contribution in [-0.4, -0.2) is 35.2 Å². The van der Waals surface area contributed by atoms with Crippen molar-refractivity contribution in [3.05, 3.63) is 0 Å². The maximum atomic E-state index is 12.8. The summed E-state index contributed by atoms with van der Waals surface area (Å²) in [6.45, 7) is 0.947. The Hall–Kier alpha value is -1.31. The number of nitrogens with one attached hydrogen (secondary N) is 1. The summed E-state index contributed by atoms with van der Waals surface area (Å²) < 4.78 is 38.4. The Kier molecular flexibility index (Phi) is 5.01. The summed E-state index contributed by atoms with van der Waals surface area (Å²) in [4.78, 5) is 22.7. The van der Waals surface area contributed by atoms with Crippen molar-refractivity contribution < 1.29 is 27.9 Å². The molecular formula is C12H19F3N2O3. The Balaban J connectivity index is 2.71. The highest BCUT2D eigenvalue weighted by molar-refractivity contribution is 5.88. The summed E-state index contributed by atoms with van der Waals surface area (Å²) in [5.74, 6) is -3.27. The van der Waals surface area contributed by atoms with Gasteiger partial charge in [0.25, 0.3) is 0 Å². The molecule has 1 saturated carbocycles. The fourth-order valence-corrected chi connectivity index (χ4v) is 2.25. The molecule has 8 heteroatoms. The van der Waals surface area contributed by atoms with Crippen LogP contribution in [-0.2, 0) is 9.59 Å². The van der Waals surface area contributed by atoms with Crippen LogP contribution in [0.2, 0.25) is 0 Å². The SMILES string of the molecule is CC(NC(=O)C1CCC(CN)CC1)(C(=O)O)C(F)(F)F. The van der Waals surface area contributed by atoms with Gasteiger partial charge in [-0.05, 0) is 45.1 Å². The Labute approximate surface area is 114 Å². The number of alkyl halides is 3. The minimum Gasteiger partial charge on any atom is -0.479 e. The first-order chi connectivity index (χ1) is 9.11. The zero-order valence-electron chi connectivity index (χ0n) is 11.2. The van der Waals surface area contributed by atoms with E-state index in [1.54, 1.807) is 5.32 Å². The number of carboxylic acid groups (broad SMARTS) is 1. The minimum atomic E-state index is -5.05. The second-order valence-electron chi connectivity index (χ2n) is 5.37. The van der Waals surface area contributed by atoms with Crippen molar-refractivity contribution in [1.82, 2.24) is 5.32 Å². The van der Waals surface area contributed by atoms with Gasteiger partial charge < -0.3 is 16.2 Å². The Morgan fingerprint density at radius 2 is 1.75 bits per heavy atom. The zero-order chi connectivity index (χ0) is 15.6. The fourth-order valence-electron chi connectivity index (χ4n) is 2.25. The molecule has 1 rings (SSSR count). The number of nitrogens with two attached hydrogens (primary N) is 1. The molecule has 1 fully saturated rings. The molecule has 1 aliphatic carbocycles. The van der Waals surface area contributed by atoms with Crippen LogP contribution in [0.4, 0.5) is 13.2 Å². The van der Waals surface area contributed by atoms with E-state index in [1.165, 1.54) is 0 Å². The van der Waals surface area contributed by atoms with Crippen LogP contribution in [0.1, 0.15) is 32.6 Å². The molecule has 0 aromatic heterocycles. The van der Waals surface area contributed by atoms with E-state index in [1.807, 2.05) is 0 Å². The van der Waals surface area contributed by atoms with Crippen LogP contribution in [0, 0.1) is 11.8 Å². The monoisotopic (exact) mass is 296 g/mol. The van der Waals surface area contributed by atoms with Gasteiger partial charge in [0.05, 0.1) is 0 Å². The highest BCUT2D eigenvalue weighted by atomic mass is 19.4. The highest BCUT2D eigenvalue weighted by Crippen LogP contribution is 2.33. The van der Waals surface area contributed by atoms with Gasteiger partial charge in [-0.15, -0.1) is 0 Å². The summed E-state index contributed by atoms with van der Waals surface area (Å²) in [6.07, 6.45) is -2.85. The van der Waals surface area contributed by atoms with E-state index in [4.69, 9.17) is 10.8 Å². The van der Waals surface area contributed by atoms with Crippen molar-refractivity contribution >= 4 is 11.9 Å². The summed E-state index contributed by atoms with van der Waals surface area (Å²) >= 11 is 0. The summed E-state index contributed by atoms with van der Waals surface area (Å²) in [5.41, 5.74) is 2.24. The van der Waals surface area contributed by atoms with Gasteiger partial charge in [-0.2, -0.15) is 13.2 Å². The molecule has 1 amide bonds. The van der Waals surface area contributed by atoms with Crippen molar-refractivity contribution in [3.63, 3.8) is 0 Å². The summed E-state index contributed by atoms with van der Waals surface area (Å²) in [7, 11) is 0. The topological polar surface area (TPSA) is 92.4 Å². The van der Waals surface area contributed by atoms with Crippen molar-refractivity contribution in [2.75, 3.05) is 6.54 Å². The largest absolute Gasteiger partial charge is 0.479 e. The molecule has 4 N–H and O–H groups in total. The number of aliphatic carboxylic acids is 1. The molecule has 1 atom stereocenters. The molecule has 0 saturated heterocycles. The van der Waals surface area contributed by atoms with Crippen LogP contribution in [0.15, 0.2) is 0 Å². The lowest BCUT2D eigenvalue weighted by Gasteiger charge is -2.32. The Morgan fingerprint density at radius 3 is 2.10 bits per heavy atom. The van der Waals surface area contributed by atoms with Crippen LogP contribution < -0.4 is 11.1 Å². The smallest absolute Gasteiger partial charge is 0.422 e. The second kappa shape index (κ2) is 5.99. The molecule has 1 aliphatic rings. The number of carbonyl (C=O) groups is 2. The average molecular weight is 296 g/mol. The number of rotatable bonds is 4. The van der Waals surface area contributed by atoms with Gasteiger partial charge in [-0.1, -0.05) is 0 Å². The number of hydrogen-bond acceptors (Lipinski definition) is 3. The van der Waals surface area contributed by atoms with Crippen molar-refractivity contribution in [2.45, 2.75) is 44.3 Å². The van der Waals surface area contributed by atoms with E-state index >= 15 is 0 Å². The number of hydrogen-bond donors (Lipinski definition) is 3. The average Bonchev–Trinajstić information content (AvgIpc) is 2.37. The maximum absolute atomic E-state index is 12.8. The Bertz CT molecular complexity index is 379. The van der Waals surface area contributed by atoms with Gasteiger partial charge in [0.15, 0.2) is 0 Å². The van der Waals surface area contributed by atoms with Crippen LogP contribution in [0.3, 0.4) is 0 Å². The van der Waals surface area contributed by atoms with Crippen molar-refractivity contribution in [3.8, 4) is 0 Å². The lowest BCUT2D eigenvalue weighted by molar-refractivity contribution is -0.207. The van der Waals surface area contributed by atoms with Gasteiger partial charge in [0, 0.05) is 5.92 Å². The van der Waals surface area contributed by atoms with Crippen molar-refractivity contribution in [2.24, 2.45) is 17.6 Å². The molecule has 0 spiro atoms. The molecular weight excluding hydrogens is 277 g/mol. The molecule has 0 aromatic carbocycles. The normalized spacial score (nSPS) is 26.6. The second-order valence-corrected chi connectivity index (χ2v) is 5.37. The maximum Gasteiger partial charge on any atom is 0.422 e. The van der Waals surface area contributed by atoms with E-state index in [0.717, 1.165) is 0 Å². The zero-order valence-corrected chi connectivity index (χ0v) is 11.2. The molecule has 5 nitrogen and oxygen atoms in total. The first kappa shape index (κ1) is 16.7. The van der Waals surface area contributed by atoms with Gasteiger partial charge >= 0.3 is 12.1 Å². The molecule has 116 valence electrons. The van der Waals surface area contributed by atoms with Gasteiger partial charge in [-0.25, -0.2) is 4.79 Å². The van der Waals surface area contributed by atoms with Crippen LogP contribution in [0.25, 0.3) is 0 Å². The molecule has 0 aromatic rings. The predicted octanol–water partition coefficient (Wildman–Crippen LogP) is 1.27. The third-order valence-corrected chi connectivity index (χ3v) is 3.92. The molecule has 0 radical (unpaired) electrons. The van der Waals surface area contributed by atoms with E-state index in [2.05, 4.69) is 0 Å². The lowest BCUT2D eigenvalue weighted by atomic mass is 9.81. The number of carbonyl (C=O) groups excluding carboxylic acids is 1. The van der Waals surface area contributed by atoms with E-state index in [-0.39, 0.29) is 5.92 Å². The fraction of sp³-hybridized carbons (Fsp3) is 0.833.